The second-order valence-corrected chi connectivity index (χ2v) is 6.23. The van der Waals surface area contributed by atoms with E-state index < -0.39 is 0 Å². The standard InChI is InChI=1S/C20H25N/c1-16-8-6-11-18-14-19(12-7-13-20(16)18)21-15-17-9-4-2-3-5-10-17/h2-6,8-9,11,19,21H,7,10,12-15H2,1H3. The van der Waals surface area contributed by atoms with Gasteiger partial charge in [0.1, 0.15) is 0 Å². The van der Waals surface area contributed by atoms with E-state index in [1.165, 1.54) is 36.8 Å². The Morgan fingerprint density at radius 3 is 3.10 bits per heavy atom. The number of allylic oxidation sites excluding steroid dienone is 5. The molecule has 0 heterocycles. The van der Waals surface area contributed by atoms with Crippen molar-refractivity contribution in [2.75, 3.05) is 6.54 Å². The Hall–Kier alpha value is -1.60. The van der Waals surface area contributed by atoms with Crippen LogP contribution in [0.15, 0.2) is 54.2 Å². The molecule has 0 spiro atoms. The Labute approximate surface area is 128 Å². The van der Waals surface area contributed by atoms with Gasteiger partial charge in [-0.05, 0) is 55.7 Å². The molecule has 0 saturated carbocycles. The Morgan fingerprint density at radius 1 is 1.19 bits per heavy atom. The summed E-state index contributed by atoms with van der Waals surface area (Å²) in [7, 11) is 0. The molecule has 2 aliphatic carbocycles. The lowest BCUT2D eigenvalue weighted by Crippen LogP contribution is -2.32. The number of fused-ring (bicyclic) bond motifs is 1. The molecule has 0 aromatic heterocycles. The topological polar surface area (TPSA) is 12.0 Å². The van der Waals surface area contributed by atoms with E-state index >= 15 is 0 Å². The highest BCUT2D eigenvalue weighted by Gasteiger charge is 2.17. The number of nitrogens with one attached hydrogen (secondary N) is 1. The summed E-state index contributed by atoms with van der Waals surface area (Å²) in [5.74, 6) is 0. The average Bonchev–Trinajstić information content (AvgIpc) is 2.86. The van der Waals surface area contributed by atoms with Crippen molar-refractivity contribution in [1.29, 1.82) is 0 Å². The molecule has 2 aliphatic rings. The first-order chi connectivity index (χ1) is 10.3. The predicted octanol–water partition coefficient (Wildman–Crippen LogP) is 4.27. The fraction of sp³-hybridized carbons (Fsp3) is 0.400. The first kappa shape index (κ1) is 14.3. The van der Waals surface area contributed by atoms with Gasteiger partial charge in [-0.3, -0.25) is 0 Å². The van der Waals surface area contributed by atoms with Crippen LogP contribution in [-0.2, 0) is 12.8 Å². The van der Waals surface area contributed by atoms with E-state index in [0.29, 0.717) is 6.04 Å². The first-order valence-corrected chi connectivity index (χ1v) is 8.15. The highest BCUT2D eigenvalue weighted by molar-refractivity contribution is 5.36. The van der Waals surface area contributed by atoms with Crippen molar-refractivity contribution >= 4 is 0 Å². The normalized spacial score (nSPS) is 21.4. The monoisotopic (exact) mass is 279 g/mol. The molecule has 0 aliphatic heterocycles. The summed E-state index contributed by atoms with van der Waals surface area (Å²) in [6.45, 7) is 3.27. The van der Waals surface area contributed by atoms with E-state index in [1.807, 2.05) is 0 Å². The number of benzene rings is 1. The number of aryl methyl sites for hydroxylation is 1. The third-order valence-electron chi connectivity index (χ3n) is 4.64. The molecule has 1 unspecified atom stereocenters. The molecule has 21 heavy (non-hydrogen) atoms. The predicted molar refractivity (Wildman–Crippen MR) is 90.6 cm³/mol. The summed E-state index contributed by atoms with van der Waals surface area (Å²) in [5, 5.41) is 3.78. The van der Waals surface area contributed by atoms with Crippen LogP contribution in [0.5, 0.6) is 0 Å². The maximum atomic E-state index is 3.78. The maximum Gasteiger partial charge on any atom is 0.0173 e. The van der Waals surface area contributed by atoms with Gasteiger partial charge < -0.3 is 5.32 Å². The zero-order chi connectivity index (χ0) is 14.5. The van der Waals surface area contributed by atoms with Crippen molar-refractivity contribution in [2.24, 2.45) is 0 Å². The molecule has 1 nitrogen and oxygen atoms in total. The van der Waals surface area contributed by atoms with Gasteiger partial charge in [0.15, 0.2) is 0 Å². The third-order valence-corrected chi connectivity index (χ3v) is 4.64. The Balaban J connectivity index is 1.63. The maximum absolute atomic E-state index is 3.78. The Bertz CT molecular complexity index is 578. The highest BCUT2D eigenvalue weighted by Crippen LogP contribution is 2.23. The summed E-state index contributed by atoms with van der Waals surface area (Å²) in [6.07, 6.45) is 17.0. The molecule has 3 rings (SSSR count). The minimum Gasteiger partial charge on any atom is -0.310 e. The zero-order valence-electron chi connectivity index (χ0n) is 12.9. The largest absolute Gasteiger partial charge is 0.310 e. The van der Waals surface area contributed by atoms with Gasteiger partial charge in [-0.15, -0.1) is 0 Å². The second kappa shape index (κ2) is 6.91. The lowest BCUT2D eigenvalue weighted by molar-refractivity contribution is 0.492. The average molecular weight is 279 g/mol. The lowest BCUT2D eigenvalue weighted by Gasteiger charge is -2.18. The van der Waals surface area contributed by atoms with Crippen molar-refractivity contribution in [2.45, 2.75) is 45.1 Å². The number of hydrogen-bond donors (Lipinski definition) is 1. The first-order valence-electron chi connectivity index (χ1n) is 8.15. The molecule has 110 valence electrons. The van der Waals surface area contributed by atoms with Gasteiger partial charge >= 0.3 is 0 Å². The van der Waals surface area contributed by atoms with Crippen LogP contribution in [0.1, 0.15) is 36.0 Å². The molecule has 1 N–H and O–H groups in total. The van der Waals surface area contributed by atoms with Crippen molar-refractivity contribution in [1.82, 2.24) is 5.32 Å². The van der Waals surface area contributed by atoms with Crippen LogP contribution in [0.25, 0.3) is 0 Å². The number of hydrogen-bond acceptors (Lipinski definition) is 1. The molecule has 0 radical (unpaired) electrons. The number of rotatable bonds is 3. The summed E-state index contributed by atoms with van der Waals surface area (Å²) in [4.78, 5) is 0. The van der Waals surface area contributed by atoms with Crippen LogP contribution in [0.3, 0.4) is 0 Å². The van der Waals surface area contributed by atoms with Crippen LogP contribution < -0.4 is 5.32 Å². The van der Waals surface area contributed by atoms with Crippen LogP contribution in [-0.4, -0.2) is 12.6 Å². The minimum atomic E-state index is 0.616. The molecule has 1 aromatic rings. The fourth-order valence-corrected chi connectivity index (χ4v) is 3.41. The minimum absolute atomic E-state index is 0.616. The van der Waals surface area contributed by atoms with Gasteiger partial charge in [0, 0.05) is 12.6 Å². The summed E-state index contributed by atoms with van der Waals surface area (Å²) in [5.41, 5.74) is 6.10. The van der Waals surface area contributed by atoms with Crippen LogP contribution in [0.2, 0.25) is 0 Å². The van der Waals surface area contributed by atoms with Crippen LogP contribution in [0, 0.1) is 6.92 Å². The smallest absolute Gasteiger partial charge is 0.0173 e. The molecular weight excluding hydrogens is 254 g/mol. The Kier molecular flexibility index (Phi) is 4.72. The zero-order valence-corrected chi connectivity index (χ0v) is 12.9. The molecule has 0 bridgehead atoms. The van der Waals surface area contributed by atoms with Gasteiger partial charge in [-0.2, -0.15) is 0 Å². The third kappa shape index (κ3) is 3.74. The van der Waals surface area contributed by atoms with Crippen molar-refractivity contribution in [3.8, 4) is 0 Å². The molecule has 1 atom stereocenters. The van der Waals surface area contributed by atoms with Gasteiger partial charge in [0.2, 0.25) is 0 Å². The van der Waals surface area contributed by atoms with Crippen LogP contribution in [0.4, 0.5) is 0 Å². The van der Waals surface area contributed by atoms with E-state index in [4.69, 9.17) is 0 Å². The second-order valence-electron chi connectivity index (χ2n) is 6.23. The van der Waals surface area contributed by atoms with Gasteiger partial charge in [0.05, 0.1) is 0 Å². The van der Waals surface area contributed by atoms with Gasteiger partial charge in [-0.25, -0.2) is 0 Å². The molecule has 0 saturated heterocycles. The molecule has 1 aromatic carbocycles. The van der Waals surface area contributed by atoms with E-state index in [9.17, 15) is 0 Å². The molecular formula is C20H25N. The summed E-state index contributed by atoms with van der Waals surface area (Å²) < 4.78 is 0. The highest BCUT2D eigenvalue weighted by atomic mass is 14.9. The lowest BCUT2D eigenvalue weighted by atomic mass is 9.97. The summed E-state index contributed by atoms with van der Waals surface area (Å²) in [6, 6.07) is 7.39. The SMILES string of the molecule is Cc1cccc2c1CCCC(NCC1=CC=CC=CC1)C2. The van der Waals surface area contributed by atoms with Crippen molar-refractivity contribution < 1.29 is 0 Å². The quantitative estimate of drug-likeness (QED) is 0.815. The van der Waals surface area contributed by atoms with E-state index in [1.54, 1.807) is 11.1 Å². The van der Waals surface area contributed by atoms with Crippen molar-refractivity contribution in [3.05, 3.63) is 70.8 Å². The molecule has 1 heteroatoms. The van der Waals surface area contributed by atoms with Crippen LogP contribution >= 0.6 is 0 Å². The molecule has 0 amide bonds. The van der Waals surface area contributed by atoms with Gasteiger partial charge in [-0.1, -0.05) is 54.2 Å². The summed E-state index contributed by atoms with van der Waals surface area (Å²) >= 11 is 0. The molecule has 0 fully saturated rings. The van der Waals surface area contributed by atoms with Gasteiger partial charge in [0.25, 0.3) is 0 Å². The fourth-order valence-electron chi connectivity index (χ4n) is 3.41. The Morgan fingerprint density at radius 2 is 2.14 bits per heavy atom. The van der Waals surface area contributed by atoms with E-state index in [2.05, 4.69) is 60.8 Å². The van der Waals surface area contributed by atoms with E-state index in [-0.39, 0.29) is 0 Å². The van der Waals surface area contributed by atoms with Crippen molar-refractivity contribution in [3.63, 3.8) is 0 Å². The van der Waals surface area contributed by atoms with E-state index in [0.717, 1.165) is 13.0 Å².